The number of aliphatic carboxylic acids is 1. The molecule has 0 unspecified atom stereocenters. The van der Waals surface area contributed by atoms with Crippen LogP contribution in [0.25, 0.3) is 28.2 Å². The van der Waals surface area contributed by atoms with E-state index in [2.05, 4.69) is 6.92 Å². The quantitative estimate of drug-likeness (QED) is 0.233. The molecule has 4 aromatic rings. The highest BCUT2D eigenvalue weighted by atomic mass is 19.1. The molecule has 1 N–H and O–H groups in total. The maximum Gasteiger partial charge on any atom is 0.328 e. The third kappa shape index (κ3) is 4.50. The monoisotopic (exact) mass is 456 g/mol. The molecule has 0 atom stereocenters. The number of carbonyl (C=O) groups is 1. The number of hydrogen-bond acceptors (Lipinski definition) is 3. The van der Waals surface area contributed by atoms with Crippen molar-refractivity contribution in [2.45, 2.75) is 20.3 Å². The highest BCUT2D eigenvalue weighted by Crippen LogP contribution is 2.41. The fourth-order valence-electron chi connectivity index (χ4n) is 4.27. The van der Waals surface area contributed by atoms with Crippen molar-refractivity contribution in [1.82, 2.24) is 0 Å². The molecule has 0 amide bonds. The minimum absolute atomic E-state index is 0.272. The van der Waals surface area contributed by atoms with Crippen LogP contribution in [0.5, 0.6) is 5.75 Å². The molecule has 5 heteroatoms. The number of halogens is 1. The first-order valence-corrected chi connectivity index (χ1v) is 11.0. The highest BCUT2D eigenvalue weighted by Gasteiger charge is 2.20. The van der Waals surface area contributed by atoms with Gasteiger partial charge in [0.15, 0.2) is 11.3 Å². The standard InChI is InChI=1S/C29H25FO4/c1-4-22(23-14-13-21(30)16-18(23)2)28(20-11-8-19(9-12-20)10-15-27(31)32)25-17-34-29-24(25)6-5-7-26(29)33-3/h5-17H,4H2,1-3H3,(H,31,32)/b15-10+,28-22+. The van der Waals surface area contributed by atoms with Crippen molar-refractivity contribution in [3.63, 3.8) is 0 Å². The van der Waals surface area contributed by atoms with Gasteiger partial charge >= 0.3 is 5.97 Å². The van der Waals surface area contributed by atoms with Crippen molar-refractivity contribution in [1.29, 1.82) is 0 Å². The number of carboxylic acids is 1. The molecule has 4 rings (SSSR count). The van der Waals surface area contributed by atoms with E-state index in [0.717, 1.165) is 50.4 Å². The summed E-state index contributed by atoms with van der Waals surface area (Å²) in [5, 5.41) is 9.83. The van der Waals surface area contributed by atoms with E-state index in [1.807, 2.05) is 55.5 Å². The summed E-state index contributed by atoms with van der Waals surface area (Å²) < 4.78 is 25.3. The van der Waals surface area contributed by atoms with E-state index in [9.17, 15) is 9.18 Å². The summed E-state index contributed by atoms with van der Waals surface area (Å²) in [4.78, 5) is 10.9. The van der Waals surface area contributed by atoms with Crippen LogP contribution in [0.4, 0.5) is 4.39 Å². The van der Waals surface area contributed by atoms with Crippen LogP contribution in [0, 0.1) is 12.7 Å². The van der Waals surface area contributed by atoms with Crippen LogP contribution in [0.1, 0.15) is 41.2 Å². The number of aryl methyl sites for hydroxylation is 1. The molecule has 0 aliphatic rings. The molecular weight excluding hydrogens is 431 g/mol. The molecule has 172 valence electrons. The molecule has 0 spiro atoms. The molecule has 0 fully saturated rings. The van der Waals surface area contributed by atoms with Gasteiger partial charge in [0.25, 0.3) is 0 Å². The lowest BCUT2D eigenvalue weighted by atomic mass is 9.86. The van der Waals surface area contributed by atoms with Crippen molar-refractivity contribution in [2.75, 3.05) is 7.11 Å². The molecule has 0 aliphatic carbocycles. The van der Waals surface area contributed by atoms with E-state index in [1.54, 1.807) is 25.5 Å². The second-order valence-electron chi connectivity index (χ2n) is 7.95. The number of benzene rings is 3. The lowest BCUT2D eigenvalue weighted by Gasteiger charge is -2.17. The molecule has 0 bridgehead atoms. The average Bonchev–Trinajstić information content (AvgIpc) is 3.26. The lowest BCUT2D eigenvalue weighted by Crippen LogP contribution is -1.97. The Balaban J connectivity index is 1.99. The Kier molecular flexibility index (Phi) is 6.64. The van der Waals surface area contributed by atoms with Crippen molar-refractivity contribution in [3.8, 4) is 5.75 Å². The van der Waals surface area contributed by atoms with Crippen LogP contribution in [-0.2, 0) is 4.79 Å². The van der Waals surface area contributed by atoms with Crippen molar-refractivity contribution in [3.05, 3.63) is 107 Å². The largest absolute Gasteiger partial charge is 0.493 e. The number of fused-ring (bicyclic) bond motifs is 1. The van der Waals surface area contributed by atoms with Gasteiger partial charge in [0.1, 0.15) is 5.82 Å². The number of ether oxygens (including phenoxy) is 1. The molecule has 34 heavy (non-hydrogen) atoms. The van der Waals surface area contributed by atoms with E-state index in [4.69, 9.17) is 14.3 Å². The van der Waals surface area contributed by atoms with E-state index < -0.39 is 5.97 Å². The summed E-state index contributed by atoms with van der Waals surface area (Å²) in [5.41, 5.74) is 7.12. The van der Waals surface area contributed by atoms with Crippen LogP contribution >= 0.6 is 0 Å². The average molecular weight is 457 g/mol. The topological polar surface area (TPSA) is 59.7 Å². The van der Waals surface area contributed by atoms with Gasteiger partial charge in [-0.25, -0.2) is 9.18 Å². The second-order valence-corrected chi connectivity index (χ2v) is 7.95. The third-order valence-electron chi connectivity index (χ3n) is 5.84. The Morgan fingerprint density at radius 3 is 2.50 bits per heavy atom. The second kappa shape index (κ2) is 9.79. The Morgan fingerprint density at radius 2 is 1.85 bits per heavy atom. The van der Waals surface area contributed by atoms with Gasteiger partial charge in [-0.1, -0.05) is 49.4 Å². The van der Waals surface area contributed by atoms with Gasteiger partial charge in [-0.3, -0.25) is 0 Å². The number of furan rings is 1. The summed E-state index contributed by atoms with van der Waals surface area (Å²) in [6.45, 7) is 3.98. The molecular formula is C29H25FO4. The fourth-order valence-corrected chi connectivity index (χ4v) is 4.27. The molecule has 1 heterocycles. The van der Waals surface area contributed by atoms with Crippen molar-refractivity contribution < 1.29 is 23.4 Å². The van der Waals surface area contributed by atoms with E-state index >= 15 is 0 Å². The number of allylic oxidation sites excluding steroid dienone is 1. The van der Waals surface area contributed by atoms with Gasteiger partial charge in [-0.2, -0.15) is 0 Å². The van der Waals surface area contributed by atoms with Gasteiger partial charge < -0.3 is 14.3 Å². The van der Waals surface area contributed by atoms with Crippen LogP contribution in [0.15, 0.2) is 77.4 Å². The van der Waals surface area contributed by atoms with Gasteiger partial charge in [-0.15, -0.1) is 0 Å². The fraction of sp³-hybridized carbons (Fsp3) is 0.138. The minimum Gasteiger partial charge on any atom is -0.493 e. The predicted molar refractivity (Wildman–Crippen MR) is 133 cm³/mol. The summed E-state index contributed by atoms with van der Waals surface area (Å²) in [7, 11) is 1.61. The molecule has 0 radical (unpaired) electrons. The predicted octanol–water partition coefficient (Wildman–Crippen LogP) is 7.36. The summed E-state index contributed by atoms with van der Waals surface area (Å²) in [6.07, 6.45) is 5.10. The zero-order valence-electron chi connectivity index (χ0n) is 19.3. The smallest absolute Gasteiger partial charge is 0.328 e. The summed E-state index contributed by atoms with van der Waals surface area (Å²) in [6, 6.07) is 18.3. The maximum absolute atomic E-state index is 13.9. The summed E-state index contributed by atoms with van der Waals surface area (Å²) in [5.74, 6) is -0.622. The first kappa shape index (κ1) is 23.1. The molecule has 1 aromatic heterocycles. The number of methoxy groups -OCH3 is 1. The van der Waals surface area contributed by atoms with E-state index in [1.165, 1.54) is 6.07 Å². The number of rotatable bonds is 7. The Morgan fingerprint density at radius 1 is 1.09 bits per heavy atom. The van der Waals surface area contributed by atoms with E-state index in [-0.39, 0.29) is 5.82 Å². The van der Waals surface area contributed by atoms with Gasteiger partial charge in [0.05, 0.1) is 13.4 Å². The normalized spacial score (nSPS) is 12.2. The molecule has 4 nitrogen and oxygen atoms in total. The SMILES string of the molecule is CC/C(=C(/c1ccc(/C=C/C(=O)O)cc1)c1coc2c(OC)cccc12)c1ccc(F)cc1C. The highest BCUT2D eigenvalue weighted by molar-refractivity contribution is 6.06. The first-order chi connectivity index (χ1) is 16.4. The number of para-hydroxylation sites is 1. The molecule has 0 aliphatic heterocycles. The molecule has 3 aromatic carbocycles. The van der Waals surface area contributed by atoms with Crippen LogP contribution in [0.3, 0.4) is 0 Å². The minimum atomic E-state index is -0.997. The number of carboxylic acid groups (broad SMARTS) is 1. The number of hydrogen-bond donors (Lipinski definition) is 1. The Hall–Kier alpha value is -4.12. The van der Waals surface area contributed by atoms with Gasteiger partial charge in [-0.05, 0) is 71.0 Å². The molecule has 0 saturated carbocycles. The van der Waals surface area contributed by atoms with Crippen LogP contribution < -0.4 is 4.74 Å². The summed E-state index contributed by atoms with van der Waals surface area (Å²) >= 11 is 0. The van der Waals surface area contributed by atoms with Gasteiger partial charge in [0, 0.05) is 17.0 Å². The first-order valence-electron chi connectivity index (χ1n) is 11.0. The van der Waals surface area contributed by atoms with E-state index in [0.29, 0.717) is 17.8 Å². The third-order valence-corrected chi connectivity index (χ3v) is 5.84. The van der Waals surface area contributed by atoms with Crippen LogP contribution in [0.2, 0.25) is 0 Å². The van der Waals surface area contributed by atoms with Crippen molar-refractivity contribution >= 4 is 34.2 Å². The Labute approximate surface area is 197 Å². The maximum atomic E-state index is 13.9. The van der Waals surface area contributed by atoms with Gasteiger partial charge in [0.2, 0.25) is 0 Å². The molecule has 0 saturated heterocycles. The lowest BCUT2D eigenvalue weighted by molar-refractivity contribution is -0.131. The van der Waals surface area contributed by atoms with Crippen molar-refractivity contribution in [2.24, 2.45) is 0 Å². The zero-order valence-corrected chi connectivity index (χ0v) is 19.3. The zero-order chi connectivity index (χ0) is 24.2. The van der Waals surface area contributed by atoms with Crippen LogP contribution in [-0.4, -0.2) is 18.2 Å². The Bertz CT molecular complexity index is 1410.